The Balaban J connectivity index is 1.60. The number of carbonyl (C=O) groups is 2. The SMILES string of the molecule is O=C(C=Cc1ccccc1Cl)Nc1cccc(NC(=O)C=Cc2ccccc2Cl)c1. The fraction of sp³-hybridized carbons (Fsp3) is 0. The van der Waals surface area contributed by atoms with Crippen LogP contribution < -0.4 is 10.6 Å². The summed E-state index contributed by atoms with van der Waals surface area (Å²) in [6.07, 6.45) is 6.09. The molecule has 0 aliphatic carbocycles. The molecule has 150 valence electrons. The summed E-state index contributed by atoms with van der Waals surface area (Å²) >= 11 is 12.1. The van der Waals surface area contributed by atoms with Gasteiger partial charge in [0.1, 0.15) is 0 Å². The molecule has 0 fully saturated rings. The molecule has 0 heterocycles. The van der Waals surface area contributed by atoms with Gasteiger partial charge < -0.3 is 10.6 Å². The van der Waals surface area contributed by atoms with E-state index in [-0.39, 0.29) is 11.8 Å². The minimum Gasteiger partial charge on any atom is -0.322 e. The van der Waals surface area contributed by atoms with Crippen LogP contribution in [0.15, 0.2) is 84.9 Å². The molecule has 0 saturated carbocycles. The van der Waals surface area contributed by atoms with Crippen LogP contribution in [0.2, 0.25) is 10.0 Å². The maximum absolute atomic E-state index is 12.2. The number of carbonyl (C=O) groups excluding carboxylic acids is 2. The lowest BCUT2D eigenvalue weighted by Crippen LogP contribution is -2.10. The molecule has 2 amide bonds. The van der Waals surface area contributed by atoms with Crippen molar-refractivity contribution in [3.63, 3.8) is 0 Å². The van der Waals surface area contributed by atoms with E-state index < -0.39 is 0 Å². The zero-order valence-electron chi connectivity index (χ0n) is 15.8. The standard InChI is InChI=1S/C24H18Cl2N2O2/c25-21-10-3-1-6-17(21)12-14-23(29)27-19-8-5-9-20(16-19)28-24(30)15-13-18-7-2-4-11-22(18)26/h1-16H,(H,27,29)(H,28,30). The van der Waals surface area contributed by atoms with E-state index >= 15 is 0 Å². The van der Waals surface area contributed by atoms with E-state index in [0.717, 1.165) is 11.1 Å². The summed E-state index contributed by atoms with van der Waals surface area (Å²) in [5.41, 5.74) is 2.61. The van der Waals surface area contributed by atoms with Gasteiger partial charge in [-0.25, -0.2) is 0 Å². The predicted octanol–water partition coefficient (Wildman–Crippen LogP) is 6.30. The molecular weight excluding hydrogens is 419 g/mol. The Morgan fingerprint density at radius 1 is 0.633 bits per heavy atom. The zero-order valence-corrected chi connectivity index (χ0v) is 17.3. The lowest BCUT2D eigenvalue weighted by atomic mass is 10.2. The Hall–Kier alpha value is -3.34. The van der Waals surface area contributed by atoms with Gasteiger partial charge in [-0.2, -0.15) is 0 Å². The summed E-state index contributed by atoms with van der Waals surface area (Å²) in [4.78, 5) is 24.3. The van der Waals surface area contributed by atoms with Gasteiger partial charge in [-0.3, -0.25) is 9.59 Å². The molecule has 0 bridgehead atoms. The van der Waals surface area contributed by atoms with E-state index in [4.69, 9.17) is 23.2 Å². The number of halogens is 2. The van der Waals surface area contributed by atoms with Gasteiger partial charge in [0.05, 0.1) is 0 Å². The van der Waals surface area contributed by atoms with Gasteiger partial charge in [0, 0.05) is 33.6 Å². The number of benzene rings is 3. The topological polar surface area (TPSA) is 58.2 Å². The molecule has 3 rings (SSSR count). The largest absolute Gasteiger partial charge is 0.322 e. The van der Waals surface area contributed by atoms with Crippen LogP contribution in [0.3, 0.4) is 0 Å². The van der Waals surface area contributed by atoms with Crippen molar-refractivity contribution < 1.29 is 9.59 Å². The van der Waals surface area contributed by atoms with Gasteiger partial charge in [0.2, 0.25) is 11.8 Å². The third-order valence-corrected chi connectivity index (χ3v) is 4.73. The number of rotatable bonds is 6. The van der Waals surface area contributed by atoms with Crippen LogP contribution in [-0.2, 0) is 9.59 Å². The first kappa shape index (κ1) is 21.4. The lowest BCUT2D eigenvalue weighted by molar-refractivity contribution is -0.112. The van der Waals surface area contributed by atoms with E-state index in [1.165, 1.54) is 12.2 Å². The van der Waals surface area contributed by atoms with Gasteiger partial charge in [0.15, 0.2) is 0 Å². The Morgan fingerprint density at radius 2 is 1.07 bits per heavy atom. The molecule has 4 nitrogen and oxygen atoms in total. The van der Waals surface area contributed by atoms with Crippen molar-refractivity contribution in [1.82, 2.24) is 0 Å². The number of hydrogen-bond acceptors (Lipinski definition) is 2. The van der Waals surface area contributed by atoms with Crippen molar-refractivity contribution in [2.45, 2.75) is 0 Å². The van der Waals surface area contributed by atoms with Crippen LogP contribution in [0.25, 0.3) is 12.2 Å². The van der Waals surface area contributed by atoms with Crippen LogP contribution >= 0.6 is 23.2 Å². The van der Waals surface area contributed by atoms with E-state index in [0.29, 0.717) is 21.4 Å². The molecule has 2 N–H and O–H groups in total. The average molecular weight is 437 g/mol. The van der Waals surface area contributed by atoms with E-state index in [9.17, 15) is 9.59 Å². The number of anilines is 2. The molecule has 0 unspecified atom stereocenters. The number of amides is 2. The molecular formula is C24H18Cl2N2O2. The quantitative estimate of drug-likeness (QED) is 0.445. The molecule has 0 saturated heterocycles. The minimum atomic E-state index is -0.308. The Bertz CT molecular complexity index is 1040. The van der Waals surface area contributed by atoms with Gasteiger partial charge in [-0.05, 0) is 53.6 Å². The fourth-order valence-corrected chi connectivity index (χ4v) is 2.99. The first-order valence-corrected chi connectivity index (χ1v) is 9.84. The highest BCUT2D eigenvalue weighted by Crippen LogP contribution is 2.19. The highest BCUT2D eigenvalue weighted by atomic mass is 35.5. The monoisotopic (exact) mass is 436 g/mol. The number of hydrogen-bond donors (Lipinski definition) is 2. The second kappa shape index (κ2) is 10.4. The first-order valence-electron chi connectivity index (χ1n) is 9.08. The van der Waals surface area contributed by atoms with Gasteiger partial charge in [0.25, 0.3) is 0 Å². The smallest absolute Gasteiger partial charge is 0.248 e. The van der Waals surface area contributed by atoms with E-state index in [2.05, 4.69) is 10.6 Å². The van der Waals surface area contributed by atoms with E-state index in [1.807, 2.05) is 36.4 Å². The molecule has 0 radical (unpaired) electrons. The lowest BCUT2D eigenvalue weighted by Gasteiger charge is -2.06. The third kappa shape index (κ3) is 6.34. The molecule has 30 heavy (non-hydrogen) atoms. The van der Waals surface area contributed by atoms with Crippen molar-refractivity contribution in [2.75, 3.05) is 10.6 Å². The minimum absolute atomic E-state index is 0.308. The van der Waals surface area contributed by atoms with E-state index in [1.54, 1.807) is 48.6 Å². The fourth-order valence-electron chi connectivity index (χ4n) is 2.59. The van der Waals surface area contributed by atoms with Gasteiger partial charge in [-0.1, -0.05) is 65.7 Å². The van der Waals surface area contributed by atoms with Gasteiger partial charge >= 0.3 is 0 Å². The Kier molecular flexibility index (Phi) is 7.44. The highest BCUT2D eigenvalue weighted by molar-refractivity contribution is 6.32. The van der Waals surface area contributed by atoms with Crippen molar-refractivity contribution in [3.8, 4) is 0 Å². The predicted molar refractivity (Wildman–Crippen MR) is 125 cm³/mol. The highest BCUT2D eigenvalue weighted by Gasteiger charge is 2.03. The number of nitrogens with one attached hydrogen (secondary N) is 2. The normalized spacial score (nSPS) is 11.0. The summed E-state index contributed by atoms with van der Waals surface area (Å²) in [5, 5.41) is 6.64. The van der Waals surface area contributed by atoms with Crippen LogP contribution in [0.4, 0.5) is 11.4 Å². The summed E-state index contributed by atoms with van der Waals surface area (Å²) in [6, 6.07) is 21.3. The Morgan fingerprint density at radius 3 is 1.50 bits per heavy atom. The summed E-state index contributed by atoms with van der Waals surface area (Å²) in [7, 11) is 0. The van der Waals surface area contributed by atoms with Crippen LogP contribution in [0.5, 0.6) is 0 Å². The molecule has 6 heteroatoms. The summed E-state index contributed by atoms with van der Waals surface area (Å²) < 4.78 is 0. The summed E-state index contributed by atoms with van der Waals surface area (Å²) in [5.74, 6) is -0.617. The van der Waals surface area contributed by atoms with Crippen molar-refractivity contribution in [3.05, 3.63) is 106 Å². The molecule has 0 atom stereocenters. The summed E-state index contributed by atoms with van der Waals surface area (Å²) in [6.45, 7) is 0. The van der Waals surface area contributed by atoms with Crippen molar-refractivity contribution in [2.24, 2.45) is 0 Å². The third-order valence-electron chi connectivity index (χ3n) is 4.04. The van der Waals surface area contributed by atoms with Crippen molar-refractivity contribution >= 4 is 58.5 Å². The molecule has 0 spiro atoms. The first-order chi connectivity index (χ1) is 14.5. The average Bonchev–Trinajstić information content (AvgIpc) is 2.73. The molecule has 3 aromatic rings. The maximum Gasteiger partial charge on any atom is 0.248 e. The second-order valence-electron chi connectivity index (χ2n) is 6.27. The van der Waals surface area contributed by atoms with Gasteiger partial charge in [-0.15, -0.1) is 0 Å². The zero-order chi connectivity index (χ0) is 21.3. The molecule has 0 aliphatic rings. The van der Waals surface area contributed by atoms with Crippen LogP contribution in [-0.4, -0.2) is 11.8 Å². The molecule has 3 aromatic carbocycles. The van der Waals surface area contributed by atoms with Crippen LogP contribution in [0.1, 0.15) is 11.1 Å². The molecule has 0 aliphatic heterocycles. The molecule has 0 aromatic heterocycles. The Labute approximate surface area is 184 Å². The second-order valence-corrected chi connectivity index (χ2v) is 7.08. The van der Waals surface area contributed by atoms with Crippen LogP contribution in [0, 0.1) is 0 Å². The maximum atomic E-state index is 12.2. The van der Waals surface area contributed by atoms with Crippen molar-refractivity contribution in [1.29, 1.82) is 0 Å².